The summed E-state index contributed by atoms with van der Waals surface area (Å²) < 4.78 is 26.8. The lowest BCUT2D eigenvalue weighted by molar-refractivity contribution is -0.114. The van der Waals surface area contributed by atoms with Crippen molar-refractivity contribution >= 4 is 34.0 Å². The van der Waals surface area contributed by atoms with Crippen LogP contribution in [0.15, 0.2) is 29.2 Å². The molecule has 2 rings (SSSR count). The Labute approximate surface area is 131 Å². The minimum atomic E-state index is -3.48. The van der Waals surface area contributed by atoms with E-state index >= 15 is 0 Å². The maximum absolute atomic E-state index is 12.1. The molecule has 1 saturated heterocycles. The first-order valence-corrected chi connectivity index (χ1v) is 8.04. The smallest absolute Gasteiger partial charge is 0.240 e. The molecule has 1 aromatic rings. The van der Waals surface area contributed by atoms with Crippen LogP contribution < -0.4 is 15.4 Å². The molecule has 1 aromatic carbocycles. The first kappa shape index (κ1) is 17.9. The van der Waals surface area contributed by atoms with Crippen molar-refractivity contribution in [2.75, 3.05) is 25.0 Å². The summed E-state index contributed by atoms with van der Waals surface area (Å²) in [4.78, 5) is 11.1. The van der Waals surface area contributed by atoms with E-state index < -0.39 is 10.0 Å². The summed E-state index contributed by atoms with van der Waals surface area (Å²) in [5.41, 5.74) is 0.580. The van der Waals surface area contributed by atoms with E-state index in [2.05, 4.69) is 15.4 Å². The summed E-state index contributed by atoms with van der Waals surface area (Å²) in [5, 5.41) is 5.80. The Morgan fingerprint density at radius 1 is 1.33 bits per heavy atom. The quantitative estimate of drug-likeness (QED) is 0.749. The lowest BCUT2D eigenvalue weighted by atomic mass is 10.1. The van der Waals surface area contributed by atoms with E-state index in [-0.39, 0.29) is 23.2 Å². The van der Waals surface area contributed by atoms with Gasteiger partial charge in [-0.1, -0.05) is 0 Å². The molecule has 0 bridgehead atoms. The molecular formula is C13H20ClN3O3S. The summed E-state index contributed by atoms with van der Waals surface area (Å²) in [5.74, 6) is 0.163. The molecule has 1 unspecified atom stereocenters. The molecule has 1 fully saturated rings. The molecule has 0 saturated carbocycles. The number of hydrogen-bond acceptors (Lipinski definition) is 4. The predicted octanol–water partition coefficient (Wildman–Crippen LogP) is 0.955. The standard InChI is InChI=1S/C13H19N3O3S.ClH/c1-10(17)16-12-2-4-13(5-3-12)20(18,19)15-9-11-6-7-14-8-11;/h2-5,11,14-15H,6-9H2,1H3,(H,16,17);1H. The van der Waals surface area contributed by atoms with Gasteiger partial charge in [0.25, 0.3) is 0 Å². The lowest BCUT2D eigenvalue weighted by Crippen LogP contribution is -2.30. The van der Waals surface area contributed by atoms with Gasteiger partial charge in [0.2, 0.25) is 15.9 Å². The van der Waals surface area contributed by atoms with Crippen molar-refractivity contribution in [1.82, 2.24) is 10.0 Å². The molecule has 3 N–H and O–H groups in total. The fraction of sp³-hybridized carbons (Fsp3) is 0.462. The third-order valence-electron chi connectivity index (χ3n) is 3.21. The molecule has 0 aliphatic carbocycles. The number of anilines is 1. The van der Waals surface area contributed by atoms with Crippen molar-refractivity contribution < 1.29 is 13.2 Å². The van der Waals surface area contributed by atoms with Crippen LogP contribution >= 0.6 is 12.4 Å². The van der Waals surface area contributed by atoms with Gasteiger partial charge in [0, 0.05) is 19.2 Å². The van der Waals surface area contributed by atoms with Crippen LogP contribution in [0.3, 0.4) is 0 Å². The summed E-state index contributed by atoms with van der Waals surface area (Å²) in [6.07, 6.45) is 0.990. The highest BCUT2D eigenvalue weighted by atomic mass is 35.5. The van der Waals surface area contributed by atoms with Crippen molar-refractivity contribution in [1.29, 1.82) is 0 Å². The minimum absolute atomic E-state index is 0. The van der Waals surface area contributed by atoms with Crippen molar-refractivity contribution in [2.24, 2.45) is 5.92 Å². The number of sulfonamides is 1. The maximum atomic E-state index is 12.1. The summed E-state index contributed by atoms with van der Waals surface area (Å²) in [7, 11) is -3.48. The molecular weight excluding hydrogens is 314 g/mol. The monoisotopic (exact) mass is 333 g/mol. The lowest BCUT2D eigenvalue weighted by Gasteiger charge is -2.11. The molecule has 1 aliphatic heterocycles. The van der Waals surface area contributed by atoms with Gasteiger partial charge in [-0.3, -0.25) is 4.79 Å². The van der Waals surface area contributed by atoms with Crippen molar-refractivity contribution in [2.45, 2.75) is 18.2 Å². The molecule has 118 valence electrons. The molecule has 1 atom stereocenters. The van der Waals surface area contributed by atoms with Gasteiger partial charge in [0.1, 0.15) is 0 Å². The third kappa shape index (κ3) is 5.28. The van der Waals surface area contributed by atoms with Crippen LogP contribution in [0.5, 0.6) is 0 Å². The van der Waals surface area contributed by atoms with Gasteiger partial charge < -0.3 is 10.6 Å². The van der Waals surface area contributed by atoms with E-state index in [0.717, 1.165) is 19.5 Å². The van der Waals surface area contributed by atoms with Gasteiger partial charge in [-0.25, -0.2) is 13.1 Å². The van der Waals surface area contributed by atoms with Crippen LogP contribution in [0, 0.1) is 5.92 Å². The highest BCUT2D eigenvalue weighted by Crippen LogP contribution is 2.15. The average molecular weight is 334 g/mol. The number of halogens is 1. The minimum Gasteiger partial charge on any atom is -0.326 e. The molecule has 21 heavy (non-hydrogen) atoms. The van der Waals surface area contributed by atoms with Crippen molar-refractivity contribution in [3.8, 4) is 0 Å². The normalized spacial score (nSPS) is 18.0. The molecule has 8 heteroatoms. The largest absolute Gasteiger partial charge is 0.326 e. The summed E-state index contributed by atoms with van der Waals surface area (Å²) in [6.45, 7) is 3.65. The molecule has 0 radical (unpaired) electrons. The van der Waals surface area contributed by atoms with Crippen molar-refractivity contribution in [3.05, 3.63) is 24.3 Å². The van der Waals surface area contributed by atoms with E-state index in [0.29, 0.717) is 18.2 Å². The first-order valence-electron chi connectivity index (χ1n) is 6.55. The second-order valence-electron chi connectivity index (χ2n) is 4.92. The Morgan fingerprint density at radius 3 is 2.52 bits per heavy atom. The Kier molecular flexibility index (Phi) is 6.60. The maximum Gasteiger partial charge on any atom is 0.240 e. The molecule has 1 amide bonds. The van der Waals surface area contributed by atoms with E-state index in [1.165, 1.54) is 19.1 Å². The van der Waals surface area contributed by atoms with Crippen LogP contribution in [0.4, 0.5) is 5.69 Å². The van der Waals surface area contributed by atoms with E-state index in [1.807, 2.05) is 0 Å². The van der Waals surface area contributed by atoms with Crippen LogP contribution in [0.2, 0.25) is 0 Å². The van der Waals surface area contributed by atoms with Crippen LogP contribution in [-0.4, -0.2) is 34.0 Å². The highest BCUT2D eigenvalue weighted by Gasteiger charge is 2.19. The zero-order chi connectivity index (χ0) is 14.6. The Bertz CT molecular complexity index is 569. The second kappa shape index (κ2) is 7.74. The second-order valence-corrected chi connectivity index (χ2v) is 6.68. The van der Waals surface area contributed by atoms with Crippen LogP contribution in [0.1, 0.15) is 13.3 Å². The number of carbonyl (C=O) groups excluding carboxylic acids is 1. The number of rotatable bonds is 5. The number of benzene rings is 1. The number of carbonyl (C=O) groups is 1. The fourth-order valence-corrected chi connectivity index (χ4v) is 3.24. The average Bonchev–Trinajstić information content (AvgIpc) is 2.89. The predicted molar refractivity (Wildman–Crippen MR) is 84.2 cm³/mol. The molecule has 6 nitrogen and oxygen atoms in total. The van der Waals surface area contributed by atoms with Gasteiger partial charge >= 0.3 is 0 Å². The van der Waals surface area contributed by atoms with Gasteiger partial charge in [0.05, 0.1) is 4.90 Å². The molecule has 1 heterocycles. The summed E-state index contributed by atoms with van der Waals surface area (Å²) >= 11 is 0. The van der Waals surface area contributed by atoms with Crippen LogP contribution in [-0.2, 0) is 14.8 Å². The Balaban J connectivity index is 0.00000220. The molecule has 1 aliphatic rings. The highest BCUT2D eigenvalue weighted by molar-refractivity contribution is 7.89. The van der Waals surface area contributed by atoms with Gasteiger partial charge in [-0.15, -0.1) is 12.4 Å². The number of nitrogens with one attached hydrogen (secondary N) is 3. The fourth-order valence-electron chi connectivity index (χ4n) is 2.12. The molecule has 0 aromatic heterocycles. The van der Waals surface area contributed by atoms with Gasteiger partial charge in [-0.05, 0) is 49.7 Å². The van der Waals surface area contributed by atoms with Crippen LogP contribution in [0.25, 0.3) is 0 Å². The Hall–Kier alpha value is -1.15. The van der Waals surface area contributed by atoms with E-state index in [4.69, 9.17) is 0 Å². The third-order valence-corrected chi connectivity index (χ3v) is 4.65. The molecule has 0 spiro atoms. The Morgan fingerprint density at radius 2 is 2.00 bits per heavy atom. The first-order chi connectivity index (χ1) is 9.47. The van der Waals surface area contributed by atoms with Gasteiger partial charge in [0.15, 0.2) is 0 Å². The van der Waals surface area contributed by atoms with E-state index in [9.17, 15) is 13.2 Å². The SMILES string of the molecule is CC(=O)Nc1ccc(S(=O)(=O)NCC2CCNC2)cc1.Cl. The zero-order valence-corrected chi connectivity index (χ0v) is 13.4. The number of hydrogen-bond donors (Lipinski definition) is 3. The van der Waals surface area contributed by atoms with E-state index in [1.54, 1.807) is 12.1 Å². The van der Waals surface area contributed by atoms with Crippen molar-refractivity contribution in [3.63, 3.8) is 0 Å². The van der Waals surface area contributed by atoms with Gasteiger partial charge in [-0.2, -0.15) is 0 Å². The zero-order valence-electron chi connectivity index (χ0n) is 11.8. The topological polar surface area (TPSA) is 87.3 Å². The number of amides is 1. The summed E-state index contributed by atoms with van der Waals surface area (Å²) in [6, 6.07) is 6.13.